The first-order chi connectivity index (χ1) is 10.8. The summed E-state index contributed by atoms with van der Waals surface area (Å²) in [4.78, 5) is 11.6. The van der Waals surface area contributed by atoms with Crippen LogP contribution in [0.25, 0.3) is 0 Å². The zero-order valence-electron chi connectivity index (χ0n) is 12.4. The van der Waals surface area contributed by atoms with Crippen molar-refractivity contribution < 1.29 is 14.3 Å². The molecule has 2 aromatic rings. The van der Waals surface area contributed by atoms with E-state index in [9.17, 15) is 4.79 Å². The van der Waals surface area contributed by atoms with Crippen LogP contribution < -0.4 is 14.9 Å². The Bertz CT molecular complexity index is 627. The number of para-hydroxylation sites is 2. The molecule has 0 unspecified atom stereocenters. The summed E-state index contributed by atoms with van der Waals surface area (Å²) in [5.74, 6) is 1.04. The van der Waals surface area contributed by atoms with Gasteiger partial charge in [-0.05, 0) is 31.2 Å². The second-order valence-corrected chi connectivity index (χ2v) is 4.37. The highest BCUT2D eigenvalue weighted by atomic mass is 16.5. The normalized spacial score (nSPS) is 10.4. The summed E-state index contributed by atoms with van der Waals surface area (Å²) in [7, 11) is 0. The van der Waals surface area contributed by atoms with Crippen molar-refractivity contribution in [3.63, 3.8) is 0 Å². The molecule has 0 saturated carbocycles. The maximum Gasteiger partial charge on any atom is 0.277 e. The van der Waals surface area contributed by atoms with Crippen LogP contribution in [-0.4, -0.2) is 25.3 Å². The standard InChI is InChI=1S/C17H18N2O3/c1-2-21-16-11-7-6-8-14(16)12-18-19-17(20)13-22-15-9-4-3-5-10-15/h3-12H,2,13H2,1H3,(H,19,20). The van der Waals surface area contributed by atoms with E-state index in [1.807, 2.05) is 49.4 Å². The minimum atomic E-state index is -0.325. The van der Waals surface area contributed by atoms with Crippen LogP contribution in [0.3, 0.4) is 0 Å². The summed E-state index contributed by atoms with van der Waals surface area (Å²) in [6, 6.07) is 16.6. The lowest BCUT2D eigenvalue weighted by atomic mass is 10.2. The Morgan fingerprint density at radius 1 is 1.09 bits per heavy atom. The number of nitrogens with zero attached hydrogens (tertiary/aromatic N) is 1. The molecule has 5 heteroatoms. The molecule has 2 rings (SSSR count). The number of ether oxygens (including phenoxy) is 2. The number of hydrogen-bond donors (Lipinski definition) is 1. The van der Waals surface area contributed by atoms with Gasteiger partial charge in [0, 0.05) is 5.56 Å². The van der Waals surface area contributed by atoms with Gasteiger partial charge in [0.15, 0.2) is 6.61 Å². The van der Waals surface area contributed by atoms with Crippen molar-refractivity contribution in [2.75, 3.05) is 13.2 Å². The average Bonchev–Trinajstić information content (AvgIpc) is 2.56. The van der Waals surface area contributed by atoms with E-state index in [2.05, 4.69) is 10.5 Å². The van der Waals surface area contributed by atoms with Gasteiger partial charge in [0.2, 0.25) is 0 Å². The van der Waals surface area contributed by atoms with Crippen LogP contribution in [-0.2, 0) is 4.79 Å². The third kappa shape index (κ3) is 4.94. The first-order valence-electron chi connectivity index (χ1n) is 7.01. The smallest absolute Gasteiger partial charge is 0.277 e. The van der Waals surface area contributed by atoms with Crippen molar-refractivity contribution in [2.45, 2.75) is 6.92 Å². The molecule has 0 bridgehead atoms. The molecule has 0 fully saturated rings. The van der Waals surface area contributed by atoms with Crippen molar-refractivity contribution in [3.8, 4) is 11.5 Å². The Morgan fingerprint density at radius 2 is 1.82 bits per heavy atom. The van der Waals surface area contributed by atoms with Gasteiger partial charge >= 0.3 is 0 Å². The van der Waals surface area contributed by atoms with Gasteiger partial charge in [-0.25, -0.2) is 5.43 Å². The summed E-state index contributed by atoms with van der Waals surface area (Å²) in [5, 5.41) is 3.91. The van der Waals surface area contributed by atoms with Crippen molar-refractivity contribution >= 4 is 12.1 Å². The zero-order chi connectivity index (χ0) is 15.6. The predicted molar refractivity (Wildman–Crippen MR) is 85.3 cm³/mol. The van der Waals surface area contributed by atoms with Crippen molar-refractivity contribution in [2.24, 2.45) is 5.10 Å². The fraction of sp³-hybridized carbons (Fsp3) is 0.176. The molecule has 22 heavy (non-hydrogen) atoms. The molecular weight excluding hydrogens is 280 g/mol. The maximum atomic E-state index is 11.6. The van der Waals surface area contributed by atoms with E-state index in [-0.39, 0.29) is 12.5 Å². The number of rotatable bonds is 7. The molecule has 0 spiro atoms. The van der Waals surface area contributed by atoms with Crippen LogP contribution in [0, 0.1) is 0 Å². The van der Waals surface area contributed by atoms with Gasteiger partial charge in [0.05, 0.1) is 12.8 Å². The molecule has 0 saturated heterocycles. The van der Waals surface area contributed by atoms with Gasteiger partial charge in [0.1, 0.15) is 11.5 Å². The number of carbonyl (C=O) groups excluding carboxylic acids is 1. The fourth-order valence-electron chi connectivity index (χ4n) is 1.75. The monoisotopic (exact) mass is 298 g/mol. The van der Waals surface area contributed by atoms with Crippen LogP contribution in [0.2, 0.25) is 0 Å². The summed E-state index contributed by atoms with van der Waals surface area (Å²) >= 11 is 0. The Kier molecular flexibility index (Phi) is 5.99. The van der Waals surface area contributed by atoms with Crippen LogP contribution in [0.1, 0.15) is 12.5 Å². The molecule has 114 valence electrons. The number of nitrogens with one attached hydrogen (secondary N) is 1. The molecule has 0 atom stereocenters. The minimum absolute atomic E-state index is 0.0888. The minimum Gasteiger partial charge on any atom is -0.493 e. The number of hydrogen-bond acceptors (Lipinski definition) is 4. The topological polar surface area (TPSA) is 59.9 Å². The molecule has 0 aliphatic carbocycles. The van der Waals surface area contributed by atoms with E-state index in [0.29, 0.717) is 12.4 Å². The van der Waals surface area contributed by atoms with E-state index in [1.165, 1.54) is 0 Å². The third-order valence-corrected chi connectivity index (χ3v) is 2.72. The summed E-state index contributed by atoms with van der Waals surface area (Å²) in [6.07, 6.45) is 1.55. The maximum absolute atomic E-state index is 11.6. The van der Waals surface area contributed by atoms with Gasteiger partial charge in [-0.3, -0.25) is 4.79 Å². The Morgan fingerprint density at radius 3 is 2.59 bits per heavy atom. The molecule has 0 heterocycles. The van der Waals surface area contributed by atoms with Crippen LogP contribution in [0.5, 0.6) is 11.5 Å². The second kappa shape index (κ2) is 8.46. The van der Waals surface area contributed by atoms with Crippen LogP contribution in [0.4, 0.5) is 0 Å². The number of carbonyl (C=O) groups is 1. The predicted octanol–water partition coefficient (Wildman–Crippen LogP) is 2.61. The van der Waals surface area contributed by atoms with E-state index in [4.69, 9.17) is 9.47 Å². The Balaban J connectivity index is 1.83. The first kappa shape index (κ1) is 15.6. The molecule has 1 amide bonds. The molecule has 0 radical (unpaired) electrons. The highest BCUT2D eigenvalue weighted by Gasteiger charge is 2.02. The molecule has 0 aliphatic rings. The SMILES string of the molecule is CCOc1ccccc1C=NNC(=O)COc1ccccc1. The van der Waals surface area contributed by atoms with E-state index in [1.54, 1.807) is 18.3 Å². The number of benzene rings is 2. The van der Waals surface area contributed by atoms with Crippen molar-refractivity contribution in [1.82, 2.24) is 5.43 Å². The summed E-state index contributed by atoms with van der Waals surface area (Å²) in [5.41, 5.74) is 3.22. The van der Waals surface area contributed by atoms with E-state index in [0.717, 1.165) is 11.3 Å². The third-order valence-electron chi connectivity index (χ3n) is 2.72. The van der Waals surface area contributed by atoms with Crippen molar-refractivity contribution in [1.29, 1.82) is 0 Å². The van der Waals surface area contributed by atoms with Gasteiger partial charge in [-0.2, -0.15) is 5.10 Å². The lowest BCUT2D eigenvalue weighted by Crippen LogP contribution is -2.24. The van der Waals surface area contributed by atoms with Gasteiger partial charge in [0.25, 0.3) is 5.91 Å². The zero-order valence-corrected chi connectivity index (χ0v) is 12.4. The fourth-order valence-corrected chi connectivity index (χ4v) is 1.75. The molecule has 0 aliphatic heterocycles. The van der Waals surface area contributed by atoms with Gasteiger partial charge < -0.3 is 9.47 Å². The average molecular weight is 298 g/mol. The lowest BCUT2D eigenvalue weighted by Gasteiger charge is -2.06. The van der Waals surface area contributed by atoms with E-state index >= 15 is 0 Å². The van der Waals surface area contributed by atoms with E-state index < -0.39 is 0 Å². The summed E-state index contributed by atoms with van der Waals surface area (Å²) < 4.78 is 10.8. The molecular formula is C17H18N2O3. The largest absolute Gasteiger partial charge is 0.493 e. The molecule has 2 aromatic carbocycles. The Labute approximate surface area is 129 Å². The first-order valence-corrected chi connectivity index (χ1v) is 7.01. The van der Waals surface area contributed by atoms with Gasteiger partial charge in [-0.15, -0.1) is 0 Å². The highest BCUT2D eigenvalue weighted by molar-refractivity contribution is 5.85. The molecule has 1 N–H and O–H groups in total. The number of amides is 1. The van der Waals surface area contributed by atoms with Crippen LogP contribution in [0.15, 0.2) is 59.7 Å². The quantitative estimate of drug-likeness (QED) is 0.631. The lowest BCUT2D eigenvalue weighted by molar-refractivity contribution is -0.123. The Hall–Kier alpha value is -2.82. The van der Waals surface area contributed by atoms with Crippen molar-refractivity contribution in [3.05, 3.63) is 60.2 Å². The summed E-state index contributed by atoms with van der Waals surface area (Å²) in [6.45, 7) is 2.40. The molecule has 0 aromatic heterocycles. The van der Waals surface area contributed by atoms with Crippen LogP contribution >= 0.6 is 0 Å². The van der Waals surface area contributed by atoms with Gasteiger partial charge in [-0.1, -0.05) is 30.3 Å². The highest BCUT2D eigenvalue weighted by Crippen LogP contribution is 2.15. The molecule has 5 nitrogen and oxygen atoms in total. The number of hydrazone groups is 1. The second-order valence-electron chi connectivity index (χ2n) is 4.37.